The van der Waals surface area contributed by atoms with Crippen LogP contribution in [0.5, 0.6) is 0 Å². The van der Waals surface area contributed by atoms with E-state index in [1.165, 1.54) is 48.9 Å². The van der Waals surface area contributed by atoms with Crippen LogP contribution in [-0.4, -0.2) is 21.3 Å². The highest BCUT2D eigenvalue weighted by Gasteiger charge is 2.45. The third-order valence-electron chi connectivity index (χ3n) is 5.92. The maximum absolute atomic E-state index is 6.95. The van der Waals surface area contributed by atoms with Gasteiger partial charge in [0.15, 0.2) is 0 Å². The van der Waals surface area contributed by atoms with Crippen molar-refractivity contribution in [1.82, 2.24) is 0 Å². The molecule has 0 radical (unpaired) electrons. The average Bonchev–Trinajstić information content (AvgIpc) is 2.75. The number of hydrogen-bond acceptors (Lipinski definition) is 2. The van der Waals surface area contributed by atoms with E-state index in [0.717, 1.165) is 13.0 Å². The van der Waals surface area contributed by atoms with Gasteiger partial charge in [-0.1, -0.05) is 127 Å². The van der Waals surface area contributed by atoms with E-state index in [-0.39, 0.29) is 11.5 Å². The third kappa shape index (κ3) is 7.37. The van der Waals surface area contributed by atoms with Gasteiger partial charge < -0.3 is 8.85 Å². The molecule has 2 rings (SSSR count). The predicted molar refractivity (Wildman–Crippen MR) is 132 cm³/mol. The lowest BCUT2D eigenvalue weighted by molar-refractivity contribution is 0.0637. The molecule has 0 saturated carbocycles. The van der Waals surface area contributed by atoms with E-state index < -0.39 is 8.56 Å². The van der Waals surface area contributed by atoms with Crippen molar-refractivity contribution in [2.75, 3.05) is 6.61 Å². The monoisotopic (exact) mass is 426 g/mol. The highest BCUT2D eigenvalue weighted by molar-refractivity contribution is 6.92. The van der Waals surface area contributed by atoms with Gasteiger partial charge in [0.1, 0.15) is 0 Å². The van der Waals surface area contributed by atoms with E-state index in [9.17, 15) is 0 Å². The van der Waals surface area contributed by atoms with E-state index in [4.69, 9.17) is 8.85 Å². The minimum atomic E-state index is -2.80. The fourth-order valence-corrected chi connectivity index (χ4v) is 7.07. The van der Waals surface area contributed by atoms with Crippen LogP contribution in [-0.2, 0) is 8.85 Å². The molecule has 0 N–H and O–H groups in total. The van der Waals surface area contributed by atoms with Crippen molar-refractivity contribution >= 4 is 18.9 Å². The molecule has 30 heavy (non-hydrogen) atoms. The molecule has 166 valence electrons. The number of rotatable bonds is 13. The van der Waals surface area contributed by atoms with Crippen LogP contribution < -0.4 is 10.4 Å². The normalized spacial score (nSPS) is 13.4. The van der Waals surface area contributed by atoms with E-state index >= 15 is 0 Å². The Balaban J connectivity index is 2.21. The molecule has 1 atom stereocenters. The molecule has 3 heteroatoms. The Morgan fingerprint density at radius 1 is 0.733 bits per heavy atom. The summed E-state index contributed by atoms with van der Waals surface area (Å²) in [5.74, 6) is 0. The largest absolute Gasteiger partial charge is 0.407 e. The molecule has 0 amide bonds. The van der Waals surface area contributed by atoms with Gasteiger partial charge in [-0.05, 0) is 29.1 Å². The van der Waals surface area contributed by atoms with E-state index in [1.54, 1.807) is 0 Å². The first-order valence-corrected chi connectivity index (χ1v) is 13.6. The van der Waals surface area contributed by atoms with Crippen LogP contribution in [0.3, 0.4) is 0 Å². The Morgan fingerprint density at radius 3 is 1.67 bits per heavy atom. The van der Waals surface area contributed by atoms with Crippen LogP contribution in [0.15, 0.2) is 60.7 Å². The molecule has 0 saturated heterocycles. The van der Waals surface area contributed by atoms with Crippen LogP contribution in [0.25, 0.3) is 0 Å². The van der Waals surface area contributed by atoms with Crippen LogP contribution in [0.2, 0.25) is 0 Å². The Kier molecular flexibility index (Phi) is 10.3. The van der Waals surface area contributed by atoms with Gasteiger partial charge in [-0.25, -0.2) is 0 Å². The lowest BCUT2D eigenvalue weighted by atomic mass is 9.91. The first-order chi connectivity index (χ1) is 14.4. The zero-order valence-electron chi connectivity index (χ0n) is 19.8. The summed E-state index contributed by atoms with van der Waals surface area (Å²) in [6, 6.07) is 21.3. The second-order valence-electron chi connectivity index (χ2n) is 9.44. The summed E-state index contributed by atoms with van der Waals surface area (Å²) in [6.45, 7) is 11.9. The summed E-state index contributed by atoms with van der Waals surface area (Å²) >= 11 is 0. The molecule has 2 aromatic rings. The Labute approximate surface area is 186 Å². The summed E-state index contributed by atoms with van der Waals surface area (Å²) < 4.78 is 13.8. The lowest BCUT2D eigenvalue weighted by Gasteiger charge is -2.38. The first-order valence-electron chi connectivity index (χ1n) is 11.8. The Bertz CT molecular complexity index is 654. The Hall–Kier alpha value is -1.42. The minimum Gasteiger partial charge on any atom is -0.388 e. The number of benzene rings is 2. The van der Waals surface area contributed by atoms with Gasteiger partial charge in [-0.15, -0.1) is 0 Å². The summed E-state index contributed by atoms with van der Waals surface area (Å²) in [4.78, 5) is 0. The average molecular weight is 427 g/mol. The van der Waals surface area contributed by atoms with Crippen molar-refractivity contribution in [3.05, 3.63) is 60.7 Å². The minimum absolute atomic E-state index is 0.0461. The molecule has 0 aliphatic rings. The molecule has 0 bridgehead atoms. The molecule has 0 heterocycles. The highest BCUT2D eigenvalue weighted by Crippen LogP contribution is 2.26. The fraction of sp³-hybridized carbons (Fsp3) is 0.556. The summed E-state index contributed by atoms with van der Waals surface area (Å²) in [5.41, 5.74) is 0.0461. The zero-order valence-corrected chi connectivity index (χ0v) is 20.8. The quantitative estimate of drug-likeness (QED) is 0.270. The molecular formula is C27H42O2Si. The van der Waals surface area contributed by atoms with Gasteiger partial charge >= 0.3 is 8.56 Å². The lowest BCUT2D eigenvalue weighted by Crippen LogP contribution is -2.65. The number of hydrogen-bond donors (Lipinski definition) is 0. The van der Waals surface area contributed by atoms with Gasteiger partial charge in [-0.2, -0.15) is 0 Å². The zero-order chi connectivity index (χ0) is 21.9. The standard InChI is InChI=1S/C27H42O2Si/c1-6-7-8-9-10-11-18-23-28-30(25-19-14-12-15-20-25,26-21-16-13-17-22-26)29-24(2)27(3,4)5/h12-17,19-22,24H,6-11,18,23H2,1-5H3. The van der Waals surface area contributed by atoms with Crippen LogP contribution in [0, 0.1) is 5.41 Å². The smallest absolute Gasteiger partial charge is 0.388 e. The molecule has 0 aliphatic carbocycles. The maximum Gasteiger partial charge on any atom is 0.407 e. The summed E-state index contributed by atoms with van der Waals surface area (Å²) in [7, 11) is -2.80. The van der Waals surface area contributed by atoms with Crippen molar-refractivity contribution < 1.29 is 8.85 Å². The van der Waals surface area contributed by atoms with Gasteiger partial charge in [0, 0.05) is 12.7 Å². The second kappa shape index (κ2) is 12.4. The van der Waals surface area contributed by atoms with Crippen LogP contribution >= 0.6 is 0 Å². The topological polar surface area (TPSA) is 18.5 Å². The van der Waals surface area contributed by atoms with E-state index in [0.29, 0.717) is 0 Å². The van der Waals surface area contributed by atoms with Crippen molar-refractivity contribution in [3.63, 3.8) is 0 Å². The maximum atomic E-state index is 6.95. The van der Waals surface area contributed by atoms with Crippen molar-refractivity contribution in [2.45, 2.75) is 85.7 Å². The molecule has 1 unspecified atom stereocenters. The molecule has 2 aromatic carbocycles. The molecular weight excluding hydrogens is 384 g/mol. The van der Waals surface area contributed by atoms with Crippen molar-refractivity contribution in [3.8, 4) is 0 Å². The van der Waals surface area contributed by atoms with Gasteiger partial charge in [0.2, 0.25) is 0 Å². The molecule has 0 aromatic heterocycles. The van der Waals surface area contributed by atoms with Crippen molar-refractivity contribution in [1.29, 1.82) is 0 Å². The SMILES string of the molecule is CCCCCCCCCO[Si](OC(C)C(C)(C)C)(c1ccccc1)c1ccccc1. The number of unbranched alkanes of at least 4 members (excludes halogenated alkanes) is 6. The molecule has 0 spiro atoms. The van der Waals surface area contributed by atoms with Crippen molar-refractivity contribution in [2.24, 2.45) is 5.41 Å². The van der Waals surface area contributed by atoms with Gasteiger partial charge in [-0.3, -0.25) is 0 Å². The van der Waals surface area contributed by atoms with Crippen LogP contribution in [0.4, 0.5) is 0 Å². The predicted octanol–water partition coefficient (Wildman–Crippen LogP) is 6.46. The fourth-order valence-electron chi connectivity index (χ4n) is 3.52. The third-order valence-corrected chi connectivity index (χ3v) is 9.41. The second-order valence-corrected chi connectivity index (χ2v) is 12.4. The van der Waals surface area contributed by atoms with Gasteiger partial charge in [0.05, 0.1) is 0 Å². The van der Waals surface area contributed by atoms with E-state index in [2.05, 4.69) is 95.3 Å². The summed E-state index contributed by atoms with van der Waals surface area (Å²) in [5, 5.41) is 2.38. The van der Waals surface area contributed by atoms with Crippen LogP contribution in [0.1, 0.15) is 79.6 Å². The molecule has 0 aliphatic heterocycles. The molecule has 0 fully saturated rings. The summed E-state index contributed by atoms with van der Waals surface area (Å²) in [6.07, 6.45) is 9.05. The Morgan fingerprint density at radius 2 is 1.20 bits per heavy atom. The highest BCUT2D eigenvalue weighted by atomic mass is 28.4. The van der Waals surface area contributed by atoms with Gasteiger partial charge in [0.25, 0.3) is 0 Å². The first kappa shape index (κ1) is 24.8. The van der Waals surface area contributed by atoms with E-state index in [1.807, 2.05) is 0 Å². The molecule has 2 nitrogen and oxygen atoms in total.